The highest BCUT2D eigenvalue weighted by Crippen LogP contribution is 2.49. The lowest BCUT2D eigenvalue weighted by atomic mass is 9.99. The molecule has 0 unspecified atom stereocenters. The fourth-order valence-corrected chi connectivity index (χ4v) is 8.43. The molecule has 2 aromatic heterocycles. The summed E-state index contributed by atoms with van der Waals surface area (Å²) in [5, 5.41) is 9.86. The summed E-state index contributed by atoms with van der Waals surface area (Å²) in [6.07, 6.45) is 0. The molecule has 0 aliphatic rings. The summed E-state index contributed by atoms with van der Waals surface area (Å²) < 4.78 is 9.23. The Balaban J connectivity index is 1.28. The maximum absolute atomic E-state index is 6.65. The van der Waals surface area contributed by atoms with Gasteiger partial charge in [0.05, 0.1) is 11.4 Å². The van der Waals surface area contributed by atoms with E-state index >= 15 is 0 Å². The fourth-order valence-electron chi connectivity index (χ4n) is 7.24. The number of hydrogen-bond donors (Lipinski definition) is 0. The van der Waals surface area contributed by atoms with Crippen LogP contribution in [0, 0.1) is 0 Å². The van der Waals surface area contributed by atoms with Crippen LogP contribution in [0.4, 0.5) is 17.1 Å². The van der Waals surface area contributed by atoms with Crippen LogP contribution in [0.2, 0.25) is 0 Å². The first-order valence-electron chi connectivity index (χ1n) is 15.9. The Morgan fingerprint density at radius 1 is 0.426 bits per heavy atom. The van der Waals surface area contributed by atoms with E-state index in [-0.39, 0.29) is 0 Å². The summed E-state index contributed by atoms with van der Waals surface area (Å²) in [6, 6.07) is 58.9. The molecule has 2 nitrogen and oxygen atoms in total. The maximum atomic E-state index is 6.65. The van der Waals surface area contributed by atoms with Crippen LogP contribution in [0.1, 0.15) is 0 Å². The third kappa shape index (κ3) is 4.10. The van der Waals surface area contributed by atoms with Crippen LogP contribution in [-0.2, 0) is 0 Å². The zero-order valence-electron chi connectivity index (χ0n) is 25.4. The van der Waals surface area contributed by atoms with Gasteiger partial charge in [-0.1, -0.05) is 121 Å². The molecule has 47 heavy (non-hydrogen) atoms. The molecule has 3 heteroatoms. The molecule has 0 spiro atoms. The number of fused-ring (bicyclic) bond motifs is 9. The minimum Gasteiger partial charge on any atom is -0.454 e. The first kappa shape index (κ1) is 26.3. The Bertz CT molecular complexity index is 2790. The quantitative estimate of drug-likeness (QED) is 0.195. The average molecular weight is 618 g/mol. The van der Waals surface area contributed by atoms with E-state index in [1.807, 2.05) is 17.4 Å². The second-order valence-electron chi connectivity index (χ2n) is 12.1. The lowest BCUT2D eigenvalue weighted by Crippen LogP contribution is -2.11. The van der Waals surface area contributed by atoms with Crippen molar-refractivity contribution in [3.63, 3.8) is 0 Å². The number of thiophene rings is 1. The number of benzene rings is 8. The largest absolute Gasteiger partial charge is 0.454 e. The minimum atomic E-state index is 0.882. The molecule has 2 heterocycles. The monoisotopic (exact) mass is 617 g/mol. The van der Waals surface area contributed by atoms with Crippen LogP contribution in [-0.4, -0.2) is 0 Å². The first-order chi connectivity index (χ1) is 23.3. The van der Waals surface area contributed by atoms with E-state index in [1.54, 1.807) is 0 Å². The number of furan rings is 1. The van der Waals surface area contributed by atoms with Crippen molar-refractivity contribution in [2.45, 2.75) is 0 Å². The van der Waals surface area contributed by atoms with Crippen LogP contribution in [0.25, 0.3) is 74.8 Å². The van der Waals surface area contributed by atoms with Crippen molar-refractivity contribution in [2.75, 3.05) is 4.90 Å². The van der Waals surface area contributed by atoms with Gasteiger partial charge in [-0.2, -0.15) is 0 Å². The van der Waals surface area contributed by atoms with E-state index in [4.69, 9.17) is 4.42 Å². The van der Waals surface area contributed by atoms with E-state index < -0.39 is 0 Å². The van der Waals surface area contributed by atoms with Crippen molar-refractivity contribution in [1.29, 1.82) is 0 Å². The van der Waals surface area contributed by atoms with E-state index in [9.17, 15) is 0 Å². The summed E-state index contributed by atoms with van der Waals surface area (Å²) >= 11 is 1.87. The maximum Gasteiger partial charge on any atom is 0.159 e. The molecule has 0 amide bonds. The highest BCUT2D eigenvalue weighted by atomic mass is 32.1. The zero-order valence-corrected chi connectivity index (χ0v) is 26.2. The zero-order chi connectivity index (χ0) is 30.9. The van der Waals surface area contributed by atoms with Gasteiger partial charge in [0.15, 0.2) is 5.58 Å². The molecule has 0 saturated carbocycles. The van der Waals surface area contributed by atoms with Crippen molar-refractivity contribution in [3.05, 3.63) is 164 Å². The molecule has 0 radical (unpaired) electrons. The summed E-state index contributed by atoms with van der Waals surface area (Å²) in [6.45, 7) is 0. The normalized spacial score (nSPS) is 11.8. The molecule has 8 aromatic carbocycles. The van der Waals surface area contributed by atoms with Gasteiger partial charge in [-0.25, -0.2) is 0 Å². The van der Waals surface area contributed by atoms with Crippen molar-refractivity contribution >= 4 is 92.1 Å². The Kier molecular flexibility index (Phi) is 5.78. The van der Waals surface area contributed by atoms with Gasteiger partial charge in [-0.3, -0.25) is 0 Å². The van der Waals surface area contributed by atoms with Crippen molar-refractivity contribution < 1.29 is 4.42 Å². The lowest BCUT2D eigenvalue weighted by molar-refractivity contribution is 0.669. The lowest BCUT2D eigenvalue weighted by Gasteiger charge is -2.27. The molecule has 0 saturated heterocycles. The number of hydrogen-bond acceptors (Lipinski definition) is 3. The number of para-hydroxylation sites is 2. The molecule has 0 bridgehead atoms. The van der Waals surface area contributed by atoms with Gasteiger partial charge in [0.2, 0.25) is 0 Å². The van der Waals surface area contributed by atoms with Gasteiger partial charge in [0, 0.05) is 42.0 Å². The fraction of sp³-hybridized carbons (Fsp3) is 0. The SMILES string of the molecule is c1ccc(-c2ccc(N(c3cc4sc5cc6ccccc6cc5c4c4ccccc34)c3cccc4c3oc3ccccc34)cc2)cc1. The molecule has 0 fully saturated rings. The predicted molar refractivity (Wildman–Crippen MR) is 202 cm³/mol. The third-order valence-corrected chi connectivity index (χ3v) is 10.5. The predicted octanol–water partition coefficient (Wildman–Crippen LogP) is 13.4. The molecule has 0 N–H and O–H groups in total. The summed E-state index contributed by atoms with van der Waals surface area (Å²) in [7, 11) is 0. The molecular weight excluding hydrogens is 591 g/mol. The Morgan fingerprint density at radius 2 is 1.09 bits per heavy atom. The second-order valence-corrected chi connectivity index (χ2v) is 13.2. The summed E-state index contributed by atoms with van der Waals surface area (Å²) in [5.74, 6) is 0. The number of anilines is 3. The molecule has 0 aliphatic heterocycles. The van der Waals surface area contributed by atoms with Crippen LogP contribution in [0.5, 0.6) is 0 Å². The molecule has 10 rings (SSSR count). The molecular formula is C44H27NOS. The first-order valence-corrected chi connectivity index (χ1v) is 16.7. The Morgan fingerprint density at radius 3 is 1.91 bits per heavy atom. The van der Waals surface area contributed by atoms with Crippen LogP contribution < -0.4 is 4.90 Å². The average Bonchev–Trinajstić information content (AvgIpc) is 3.70. The summed E-state index contributed by atoms with van der Waals surface area (Å²) in [4.78, 5) is 2.39. The van der Waals surface area contributed by atoms with Crippen LogP contribution >= 0.6 is 11.3 Å². The van der Waals surface area contributed by atoms with Crippen LogP contribution in [0.3, 0.4) is 0 Å². The Hall–Kier alpha value is -5.90. The van der Waals surface area contributed by atoms with E-state index in [1.165, 1.54) is 52.8 Å². The van der Waals surface area contributed by atoms with Gasteiger partial charge in [0.1, 0.15) is 5.58 Å². The van der Waals surface area contributed by atoms with E-state index in [0.29, 0.717) is 0 Å². The highest BCUT2D eigenvalue weighted by molar-refractivity contribution is 7.26. The van der Waals surface area contributed by atoms with Crippen molar-refractivity contribution in [3.8, 4) is 11.1 Å². The van der Waals surface area contributed by atoms with Gasteiger partial charge < -0.3 is 9.32 Å². The van der Waals surface area contributed by atoms with Crippen LogP contribution in [0.15, 0.2) is 168 Å². The summed E-state index contributed by atoms with van der Waals surface area (Å²) in [5.41, 5.74) is 7.39. The number of rotatable bonds is 4. The van der Waals surface area contributed by atoms with E-state index in [0.717, 1.165) is 39.0 Å². The molecule has 0 atom stereocenters. The smallest absolute Gasteiger partial charge is 0.159 e. The topological polar surface area (TPSA) is 16.4 Å². The van der Waals surface area contributed by atoms with Gasteiger partial charge in [-0.05, 0) is 69.8 Å². The standard InChI is InChI=1S/C44H27NOS/c1-2-11-28(12-3-1)29-21-23-32(24-22-29)45(38-19-10-18-36-34-16-8-9-20-40(34)46-44(36)38)39-27-42-43(35-17-7-6-15-33(35)39)37-25-30-13-4-5-14-31(30)26-41(37)47-42/h1-27H. The van der Waals surface area contributed by atoms with Crippen molar-refractivity contribution in [1.82, 2.24) is 0 Å². The van der Waals surface area contributed by atoms with Gasteiger partial charge >= 0.3 is 0 Å². The van der Waals surface area contributed by atoms with E-state index in [2.05, 4.69) is 163 Å². The highest BCUT2D eigenvalue weighted by Gasteiger charge is 2.23. The van der Waals surface area contributed by atoms with Gasteiger partial charge in [0.25, 0.3) is 0 Å². The molecule has 10 aromatic rings. The second kappa shape index (κ2) is 10.3. The molecule has 220 valence electrons. The minimum absolute atomic E-state index is 0.882. The number of nitrogens with zero attached hydrogens (tertiary/aromatic N) is 1. The third-order valence-electron chi connectivity index (χ3n) is 9.42. The van der Waals surface area contributed by atoms with Crippen molar-refractivity contribution in [2.24, 2.45) is 0 Å². The van der Waals surface area contributed by atoms with Gasteiger partial charge in [-0.15, -0.1) is 11.3 Å². The molecule has 0 aliphatic carbocycles. The Labute approximate surface area is 275 Å².